The van der Waals surface area contributed by atoms with Crippen LogP contribution in [-0.2, 0) is 11.3 Å². The van der Waals surface area contributed by atoms with Crippen LogP contribution in [-0.4, -0.2) is 31.1 Å². The van der Waals surface area contributed by atoms with Gasteiger partial charge in [-0.15, -0.1) is 11.3 Å². The maximum atomic E-state index is 11.4. The zero-order valence-electron chi connectivity index (χ0n) is 13.7. The van der Waals surface area contributed by atoms with Crippen molar-refractivity contribution in [2.75, 3.05) is 25.5 Å². The zero-order chi connectivity index (χ0) is 16.9. The minimum atomic E-state index is -0.174. The Morgan fingerprint density at radius 2 is 2.25 bits per heavy atom. The largest absolute Gasteiger partial charge is 0.497 e. The van der Waals surface area contributed by atoms with Crippen LogP contribution in [0.4, 0.5) is 10.8 Å². The van der Waals surface area contributed by atoms with E-state index in [-0.39, 0.29) is 11.8 Å². The zero-order valence-corrected chi connectivity index (χ0v) is 14.6. The normalized spacial score (nSPS) is 20.5. The van der Waals surface area contributed by atoms with Gasteiger partial charge in [0.05, 0.1) is 26.1 Å². The molecule has 3 rings (SSSR count). The van der Waals surface area contributed by atoms with Crippen LogP contribution >= 0.6 is 11.3 Å². The van der Waals surface area contributed by atoms with Crippen molar-refractivity contribution in [3.05, 3.63) is 35.3 Å². The third-order valence-corrected chi connectivity index (χ3v) is 5.15. The van der Waals surface area contributed by atoms with Gasteiger partial charge in [0.1, 0.15) is 18.0 Å². The number of nitrogens with two attached hydrogens (primary N) is 1. The lowest BCUT2D eigenvalue weighted by molar-refractivity contribution is -0.921. The molecule has 2 aromatic rings. The van der Waals surface area contributed by atoms with Gasteiger partial charge in [-0.1, -0.05) is 0 Å². The lowest BCUT2D eigenvalue weighted by Crippen LogP contribution is -3.12. The maximum Gasteiger partial charge on any atom is 0.226 e. The third kappa shape index (κ3) is 4.24. The smallest absolute Gasteiger partial charge is 0.226 e. The maximum absolute atomic E-state index is 11.4. The summed E-state index contributed by atoms with van der Waals surface area (Å²) >= 11 is 1.59. The standard InChI is InChI=1S/C17H22N4O2S/c1-23-15-6-4-13(5-7-15)19-17-20-14(11-24-17)10-21-8-2-3-12(9-21)16(18)22/h4-7,11-12H,2-3,8-10H2,1H3,(H2,18,22)(H,19,20)/p+1/t12-/m1/s1. The summed E-state index contributed by atoms with van der Waals surface area (Å²) in [6, 6.07) is 7.76. The quantitative estimate of drug-likeness (QED) is 0.733. The molecular formula is C17H23N4O2S+. The fourth-order valence-corrected chi connectivity index (χ4v) is 3.78. The number of nitrogens with one attached hydrogen (secondary N) is 2. The van der Waals surface area contributed by atoms with E-state index in [4.69, 9.17) is 10.5 Å². The second-order valence-electron chi connectivity index (χ2n) is 6.12. The van der Waals surface area contributed by atoms with E-state index in [1.165, 1.54) is 4.90 Å². The molecule has 128 valence electrons. The molecule has 1 aromatic carbocycles. The summed E-state index contributed by atoms with van der Waals surface area (Å²) in [5.41, 5.74) is 7.48. The first-order valence-electron chi connectivity index (χ1n) is 8.12. The van der Waals surface area contributed by atoms with Gasteiger partial charge in [0.2, 0.25) is 5.91 Å². The van der Waals surface area contributed by atoms with Gasteiger partial charge in [-0.05, 0) is 37.1 Å². The Bertz CT molecular complexity index is 686. The summed E-state index contributed by atoms with van der Waals surface area (Å²) in [5.74, 6) is 0.662. The Morgan fingerprint density at radius 1 is 1.46 bits per heavy atom. The van der Waals surface area contributed by atoms with Crippen LogP contribution in [0.2, 0.25) is 0 Å². The van der Waals surface area contributed by atoms with Gasteiger partial charge in [0.15, 0.2) is 5.13 Å². The monoisotopic (exact) mass is 347 g/mol. The Kier molecular flexibility index (Phi) is 5.32. The Labute approximate surface area is 145 Å². The van der Waals surface area contributed by atoms with E-state index in [0.717, 1.165) is 54.7 Å². The molecule has 0 bridgehead atoms. The number of aromatic nitrogens is 1. The van der Waals surface area contributed by atoms with Crippen molar-refractivity contribution in [3.8, 4) is 5.75 Å². The van der Waals surface area contributed by atoms with Gasteiger partial charge in [-0.2, -0.15) is 0 Å². The van der Waals surface area contributed by atoms with Crippen LogP contribution in [0.5, 0.6) is 5.75 Å². The second-order valence-corrected chi connectivity index (χ2v) is 6.98. The van der Waals surface area contributed by atoms with E-state index in [2.05, 4.69) is 15.7 Å². The average Bonchev–Trinajstić information content (AvgIpc) is 3.02. The van der Waals surface area contributed by atoms with E-state index in [1.807, 2.05) is 24.3 Å². The summed E-state index contributed by atoms with van der Waals surface area (Å²) in [6.07, 6.45) is 1.96. The number of anilines is 2. The number of quaternary nitrogens is 1. The summed E-state index contributed by atoms with van der Waals surface area (Å²) in [5, 5.41) is 6.26. The molecule has 7 heteroatoms. The average molecular weight is 347 g/mol. The van der Waals surface area contributed by atoms with Crippen molar-refractivity contribution in [3.63, 3.8) is 0 Å². The molecular weight excluding hydrogens is 324 g/mol. The molecule has 0 aliphatic carbocycles. The van der Waals surface area contributed by atoms with Gasteiger partial charge in [0, 0.05) is 11.1 Å². The third-order valence-electron chi connectivity index (χ3n) is 4.34. The number of piperidine rings is 1. The van der Waals surface area contributed by atoms with Gasteiger partial charge in [-0.25, -0.2) is 4.98 Å². The van der Waals surface area contributed by atoms with Crippen molar-refractivity contribution in [1.29, 1.82) is 0 Å². The molecule has 1 saturated heterocycles. The first-order valence-corrected chi connectivity index (χ1v) is 9.00. The number of ether oxygens (including phenoxy) is 1. The molecule has 1 aromatic heterocycles. The Balaban J connectivity index is 1.57. The van der Waals surface area contributed by atoms with E-state index < -0.39 is 0 Å². The minimum Gasteiger partial charge on any atom is -0.497 e. The highest BCUT2D eigenvalue weighted by Gasteiger charge is 2.27. The highest BCUT2D eigenvalue weighted by atomic mass is 32.1. The number of likely N-dealkylation sites (tertiary alicyclic amines) is 1. The molecule has 6 nitrogen and oxygen atoms in total. The van der Waals surface area contributed by atoms with Crippen molar-refractivity contribution in [1.82, 2.24) is 4.98 Å². The highest BCUT2D eigenvalue weighted by Crippen LogP contribution is 2.22. The van der Waals surface area contributed by atoms with E-state index in [0.29, 0.717) is 0 Å². The molecule has 1 aliphatic rings. The molecule has 1 unspecified atom stereocenters. The molecule has 1 aliphatic heterocycles. The van der Waals surface area contributed by atoms with Crippen LogP contribution in [0.3, 0.4) is 0 Å². The summed E-state index contributed by atoms with van der Waals surface area (Å²) in [6.45, 7) is 2.72. The molecule has 1 fully saturated rings. The van der Waals surface area contributed by atoms with Crippen molar-refractivity contribution in [2.45, 2.75) is 19.4 Å². The van der Waals surface area contributed by atoms with Crippen molar-refractivity contribution >= 4 is 28.1 Å². The predicted molar refractivity (Wildman–Crippen MR) is 94.7 cm³/mol. The Morgan fingerprint density at radius 3 is 2.96 bits per heavy atom. The minimum absolute atomic E-state index is 0.00396. The van der Waals surface area contributed by atoms with Gasteiger partial charge < -0.3 is 20.7 Å². The number of carbonyl (C=O) groups excluding carboxylic acids is 1. The molecule has 2 heterocycles. The SMILES string of the molecule is COc1ccc(Nc2nc(C[NH+]3CCC[C@@H](C(N)=O)C3)cs2)cc1. The first-order chi connectivity index (χ1) is 11.6. The van der Waals surface area contributed by atoms with Crippen LogP contribution in [0.1, 0.15) is 18.5 Å². The molecule has 0 spiro atoms. The number of amides is 1. The number of nitrogens with zero attached hydrogens (tertiary/aromatic N) is 1. The number of methoxy groups -OCH3 is 1. The number of hydrogen-bond acceptors (Lipinski definition) is 5. The molecule has 4 N–H and O–H groups in total. The number of primary amides is 1. The van der Waals surface area contributed by atoms with Crippen LogP contribution in [0.15, 0.2) is 29.6 Å². The molecule has 0 saturated carbocycles. The van der Waals surface area contributed by atoms with E-state index in [1.54, 1.807) is 18.4 Å². The highest BCUT2D eigenvalue weighted by molar-refractivity contribution is 7.13. The molecule has 2 atom stereocenters. The van der Waals surface area contributed by atoms with Gasteiger partial charge in [0.25, 0.3) is 0 Å². The van der Waals surface area contributed by atoms with E-state index >= 15 is 0 Å². The topological polar surface area (TPSA) is 81.7 Å². The summed E-state index contributed by atoms with van der Waals surface area (Å²) in [4.78, 5) is 17.4. The lowest BCUT2D eigenvalue weighted by Gasteiger charge is -2.27. The molecule has 1 amide bonds. The summed E-state index contributed by atoms with van der Waals surface area (Å²) < 4.78 is 5.16. The number of rotatable bonds is 6. The lowest BCUT2D eigenvalue weighted by atomic mass is 9.97. The van der Waals surface area contributed by atoms with E-state index in [9.17, 15) is 4.79 Å². The molecule has 0 radical (unpaired) electrons. The Hall–Kier alpha value is -2.12. The predicted octanol–water partition coefficient (Wildman–Crippen LogP) is 1.18. The molecule has 24 heavy (non-hydrogen) atoms. The van der Waals surface area contributed by atoms with Crippen LogP contribution in [0, 0.1) is 5.92 Å². The second kappa shape index (κ2) is 7.63. The van der Waals surface area contributed by atoms with Crippen molar-refractivity contribution in [2.24, 2.45) is 11.7 Å². The fraction of sp³-hybridized carbons (Fsp3) is 0.412. The summed E-state index contributed by atoms with van der Waals surface area (Å²) in [7, 11) is 1.65. The van der Waals surface area contributed by atoms with Crippen molar-refractivity contribution < 1.29 is 14.4 Å². The number of hydrogen-bond donors (Lipinski definition) is 3. The number of thiazole rings is 1. The fourth-order valence-electron chi connectivity index (χ4n) is 3.05. The van der Waals surface area contributed by atoms with Gasteiger partial charge >= 0.3 is 0 Å². The first kappa shape index (κ1) is 16.7. The van der Waals surface area contributed by atoms with Crippen LogP contribution in [0.25, 0.3) is 0 Å². The number of carbonyl (C=O) groups is 1. The number of benzene rings is 1. The van der Waals surface area contributed by atoms with Crippen LogP contribution < -0.4 is 20.7 Å². The van der Waals surface area contributed by atoms with Gasteiger partial charge in [-0.3, -0.25) is 4.79 Å².